The van der Waals surface area contributed by atoms with Crippen molar-refractivity contribution in [2.24, 2.45) is 0 Å². The summed E-state index contributed by atoms with van der Waals surface area (Å²) in [5.74, 6) is 1.61. The molecule has 1 aliphatic carbocycles. The van der Waals surface area contributed by atoms with Crippen molar-refractivity contribution >= 4 is 11.4 Å². The summed E-state index contributed by atoms with van der Waals surface area (Å²) >= 11 is 0. The molecular weight excluding hydrogens is 357 g/mol. The van der Waals surface area contributed by atoms with E-state index in [0.717, 1.165) is 35.6 Å². The second-order valence-corrected chi connectivity index (χ2v) is 6.58. The number of alkyl halides is 3. The summed E-state index contributed by atoms with van der Waals surface area (Å²) in [5.41, 5.74) is 4.41. The normalized spacial score (nSPS) is 15.6. The third-order valence-corrected chi connectivity index (χ3v) is 4.74. The van der Waals surface area contributed by atoms with E-state index in [2.05, 4.69) is 10.6 Å². The molecule has 0 saturated heterocycles. The lowest BCUT2D eigenvalue weighted by Gasteiger charge is -2.19. The maximum absolute atomic E-state index is 12.6. The van der Waals surface area contributed by atoms with Gasteiger partial charge in [0.15, 0.2) is 6.61 Å². The van der Waals surface area contributed by atoms with E-state index in [-0.39, 0.29) is 5.75 Å². The monoisotopic (exact) mass is 376 g/mol. The fourth-order valence-corrected chi connectivity index (χ4v) is 3.24. The molecule has 27 heavy (non-hydrogen) atoms. The predicted molar refractivity (Wildman–Crippen MR) is 98.1 cm³/mol. The number of methoxy groups -OCH3 is 1. The Bertz CT molecular complexity index is 901. The molecule has 4 nitrogen and oxygen atoms in total. The Morgan fingerprint density at radius 2 is 1.74 bits per heavy atom. The molecule has 4 rings (SSSR count). The second-order valence-electron chi connectivity index (χ2n) is 6.58. The molecule has 2 N–H and O–H groups in total. The molecule has 1 saturated carbocycles. The molecule has 0 aromatic heterocycles. The molecular formula is C20H19F3N2O2. The number of nitrogens with one attached hydrogen (secondary N) is 2. The lowest BCUT2D eigenvalue weighted by molar-refractivity contribution is -0.153. The van der Waals surface area contributed by atoms with Gasteiger partial charge in [-0.1, -0.05) is 12.1 Å². The Balaban J connectivity index is 1.69. The predicted octanol–water partition coefficient (Wildman–Crippen LogP) is 5.54. The molecule has 1 fully saturated rings. The minimum atomic E-state index is -4.41. The Labute approximate surface area is 155 Å². The molecule has 1 aliphatic heterocycles. The highest BCUT2D eigenvalue weighted by atomic mass is 19.4. The first kappa shape index (κ1) is 17.6. The van der Waals surface area contributed by atoms with E-state index >= 15 is 0 Å². The van der Waals surface area contributed by atoms with Gasteiger partial charge in [-0.3, -0.25) is 0 Å². The minimum Gasteiger partial charge on any atom is -0.496 e. The molecule has 0 spiro atoms. The van der Waals surface area contributed by atoms with Crippen molar-refractivity contribution in [2.45, 2.75) is 25.4 Å². The van der Waals surface area contributed by atoms with Crippen LogP contribution < -0.4 is 20.1 Å². The Morgan fingerprint density at radius 3 is 2.41 bits per heavy atom. The van der Waals surface area contributed by atoms with Crippen LogP contribution in [0.2, 0.25) is 0 Å². The van der Waals surface area contributed by atoms with Gasteiger partial charge < -0.3 is 20.1 Å². The van der Waals surface area contributed by atoms with Gasteiger partial charge in [0, 0.05) is 0 Å². The molecule has 2 aliphatic rings. The van der Waals surface area contributed by atoms with E-state index in [1.165, 1.54) is 25.2 Å². The van der Waals surface area contributed by atoms with Gasteiger partial charge in [0.05, 0.1) is 24.0 Å². The minimum absolute atomic E-state index is 0.134. The van der Waals surface area contributed by atoms with Gasteiger partial charge in [-0.2, -0.15) is 13.2 Å². The van der Waals surface area contributed by atoms with Gasteiger partial charge in [-0.15, -0.1) is 0 Å². The van der Waals surface area contributed by atoms with Gasteiger partial charge in [0.25, 0.3) is 0 Å². The van der Waals surface area contributed by atoms with Crippen LogP contribution in [0.15, 0.2) is 47.8 Å². The number of hydrogen-bond donors (Lipinski definition) is 2. The summed E-state index contributed by atoms with van der Waals surface area (Å²) in [4.78, 5) is 0. The number of fused-ring (bicyclic) bond motifs is 1. The molecule has 0 amide bonds. The second kappa shape index (κ2) is 6.72. The average Bonchev–Trinajstić information content (AvgIpc) is 2.99. The standard InChI is InChI=1S/C20H19F3N2O2/c1-26-16-6-3-7-17(27-11-20(21,22)23)18(16)13-8-9-14-15(10-13)25-19(24-14)12-4-2-5-12/h3,6-10,24-25H,2,4-5,11H2,1H3. The summed E-state index contributed by atoms with van der Waals surface area (Å²) in [7, 11) is 1.48. The number of anilines is 2. The SMILES string of the molecule is COc1cccc(OCC(F)(F)F)c1-c1ccc2c(c1)NC(=C1CCC1)N2. The molecule has 7 heteroatoms. The lowest BCUT2D eigenvalue weighted by Crippen LogP contribution is -2.19. The number of halogens is 3. The maximum Gasteiger partial charge on any atom is 0.422 e. The average molecular weight is 376 g/mol. The molecule has 0 radical (unpaired) electrons. The number of hydrogen-bond acceptors (Lipinski definition) is 4. The zero-order valence-electron chi connectivity index (χ0n) is 14.7. The Morgan fingerprint density at radius 1 is 1.00 bits per heavy atom. The zero-order valence-corrected chi connectivity index (χ0v) is 14.7. The zero-order chi connectivity index (χ0) is 19.0. The highest BCUT2D eigenvalue weighted by Crippen LogP contribution is 2.43. The summed E-state index contributed by atoms with van der Waals surface area (Å²) < 4.78 is 48.3. The van der Waals surface area contributed by atoms with Crippen LogP contribution in [0.1, 0.15) is 19.3 Å². The first-order chi connectivity index (χ1) is 12.9. The summed E-state index contributed by atoms with van der Waals surface area (Å²) in [5, 5.41) is 6.73. The van der Waals surface area contributed by atoms with E-state index in [9.17, 15) is 13.2 Å². The third-order valence-electron chi connectivity index (χ3n) is 4.74. The van der Waals surface area contributed by atoms with Crippen molar-refractivity contribution in [3.8, 4) is 22.6 Å². The summed E-state index contributed by atoms with van der Waals surface area (Å²) in [6.07, 6.45) is -1.05. The number of allylic oxidation sites excluding steroid dienone is 1. The molecule has 2 aromatic rings. The van der Waals surface area contributed by atoms with Crippen molar-refractivity contribution < 1.29 is 22.6 Å². The van der Waals surface area contributed by atoms with E-state index in [1.807, 2.05) is 18.2 Å². The van der Waals surface area contributed by atoms with E-state index in [0.29, 0.717) is 11.3 Å². The molecule has 0 atom stereocenters. The first-order valence-electron chi connectivity index (χ1n) is 8.71. The van der Waals surface area contributed by atoms with Gasteiger partial charge >= 0.3 is 6.18 Å². The molecule has 2 aromatic carbocycles. The largest absolute Gasteiger partial charge is 0.496 e. The van der Waals surface area contributed by atoms with Crippen molar-refractivity contribution in [2.75, 3.05) is 24.4 Å². The first-order valence-corrected chi connectivity index (χ1v) is 8.71. The number of ether oxygens (including phenoxy) is 2. The highest BCUT2D eigenvalue weighted by Gasteiger charge is 2.29. The fourth-order valence-electron chi connectivity index (χ4n) is 3.24. The topological polar surface area (TPSA) is 42.5 Å². The van der Waals surface area contributed by atoms with Crippen molar-refractivity contribution in [1.29, 1.82) is 0 Å². The molecule has 142 valence electrons. The number of rotatable bonds is 4. The molecule has 0 bridgehead atoms. The maximum atomic E-state index is 12.6. The van der Waals surface area contributed by atoms with Gasteiger partial charge in [0.1, 0.15) is 17.3 Å². The fraction of sp³-hybridized carbons (Fsp3) is 0.300. The van der Waals surface area contributed by atoms with Crippen LogP contribution in [0, 0.1) is 0 Å². The molecule has 0 unspecified atom stereocenters. The van der Waals surface area contributed by atoms with Crippen LogP contribution >= 0.6 is 0 Å². The van der Waals surface area contributed by atoms with Crippen LogP contribution in [0.5, 0.6) is 11.5 Å². The smallest absolute Gasteiger partial charge is 0.422 e. The lowest BCUT2D eigenvalue weighted by atomic mass is 9.92. The van der Waals surface area contributed by atoms with Gasteiger partial charge in [-0.05, 0) is 54.7 Å². The van der Waals surface area contributed by atoms with Crippen molar-refractivity contribution in [1.82, 2.24) is 0 Å². The van der Waals surface area contributed by atoms with Crippen LogP contribution in [-0.4, -0.2) is 19.9 Å². The Hall–Kier alpha value is -2.83. The van der Waals surface area contributed by atoms with E-state index < -0.39 is 12.8 Å². The van der Waals surface area contributed by atoms with Crippen molar-refractivity contribution in [3.05, 3.63) is 47.8 Å². The summed E-state index contributed by atoms with van der Waals surface area (Å²) in [6, 6.07) is 10.5. The van der Waals surface area contributed by atoms with Crippen LogP contribution in [-0.2, 0) is 0 Å². The third kappa shape index (κ3) is 3.54. The highest BCUT2D eigenvalue weighted by molar-refractivity contribution is 5.87. The summed E-state index contributed by atoms with van der Waals surface area (Å²) in [6.45, 7) is -1.35. The van der Waals surface area contributed by atoms with Crippen molar-refractivity contribution in [3.63, 3.8) is 0 Å². The van der Waals surface area contributed by atoms with Gasteiger partial charge in [-0.25, -0.2) is 0 Å². The quantitative estimate of drug-likeness (QED) is 0.736. The van der Waals surface area contributed by atoms with Gasteiger partial charge in [0.2, 0.25) is 0 Å². The number of benzene rings is 2. The van der Waals surface area contributed by atoms with Crippen LogP contribution in [0.3, 0.4) is 0 Å². The molecule has 1 heterocycles. The van der Waals surface area contributed by atoms with E-state index in [4.69, 9.17) is 9.47 Å². The van der Waals surface area contributed by atoms with Crippen LogP contribution in [0.25, 0.3) is 11.1 Å². The van der Waals surface area contributed by atoms with E-state index in [1.54, 1.807) is 12.1 Å². The Kier molecular flexibility index (Phi) is 4.37. The van der Waals surface area contributed by atoms with Crippen LogP contribution in [0.4, 0.5) is 24.5 Å².